The second-order valence-corrected chi connectivity index (χ2v) is 4.63. The minimum absolute atomic E-state index is 0.00287. The first-order valence-electron chi connectivity index (χ1n) is 5.98. The van der Waals surface area contributed by atoms with Crippen molar-refractivity contribution >= 4 is 11.6 Å². The van der Waals surface area contributed by atoms with Crippen LogP contribution in [0, 0.1) is 10.1 Å². The second-order valence-electron chi connectivity index (χ2n) is 4.63. The molecule has 0 saturated heterocycles. The fourth-order valence-electron chi connectivity index (χ4n) is 2.60. The maximum atomic E-state index is 11.0. The Morgan fingerprint density at radius 2 is 1.89 bits per heavy atom. The molecule has 0 saturated carbocycles. The summed E-state index contributed by atoms with van der Waals surface area (Å²) in [5, 5.41) is 11.0. The van der Waals surface area contributed by atoms with E-state index < -0.39 is 4.92 Å². The highest BCUT2D eigenvalue weighted by molar-refractivity contribution is 5.44. The molecule has 1 aliphatic carbocycles. The SMILES string of the molecule is Nc1ncc([N+](=O)[O-])c(C2Cc3ccccc3C2)n1. The molecule has 0 atom stereocenters. The van der Waals surface area contributed by atoms with Gasteiger partial charge in [-0.15, -0.1) is 0 Å². The fourth-order valence-corrected chi connectivity index (χ4v) is 2.60. The average Bonchev–Trinajstić information content (AvgIpc) is 2.81. The van der Waals surface area contributed by atoms with Crippen LogP contribution in [-0.2, 0) is 12.8 Å². The van der Waals surface area contributed by atoms with Gasteiger partial charge in [0.1, 0.15) is 11.9 Å². The van der Waals surface area contributed by atoms with Crippen molar-refractivity contribution in [2.45, 2.75) is 18.8 Å². The molecule has 0 radical (unpaired) electrons. The number of nitrogens with zero attached hydrogens (tertiary/aromatic N) is 3. The summed E-state index contributed by atoms with van der Waals surface area (Å²) >= 11 is 0. The molecule has 0 amide bonds. The lowest BCUT2D eigenvalue weighted by Gasteiger charge is -2.08. The van der Waals surface area contributed by atoms with Crippen molar-refractivity contribution in [2.24, 2.45) is 0 Å². The van der Waals surface area contributed by atoms with Gasteiger partial charge in [0.05, 0.1) is 4.92 Å². The van der Waals surface area contributed by atoms with Crippen LogP contribution in [0.3, 0.4) is 0 Å². The monoisotopic (exact) mass is 256 g/mol. The topological polar surface area (TPSA) is 94.9 Å². The molecule has 19 heavy (non-hydrogen) atoms. The van der Waals surface area contributed by atoms with E-state index in [0.29, 0.717) is 5.69 Å². The van der Waals surface area contributed by atoms with Gasteiger partial charge in [0, 0.05) is 5.92 Å². The maximum Gasteiger partial charge on any atom is 0.309 e. The van der Waals surface area contributed by atoms with Crippen LogP contribution < -0.4 is 5.73 Å². The molecule has 1 aliphatic rings. The highest BCUT2D eigenvalue weighted by Crippen LogP contribution is 2.36. The van der Waals surface area contributed by atoms with E-state index in [4.69, 9.17) is 5.73 Å². The predicted octanol–water partition coefficient (Wildman–Crippen LogP) is 1.85. The number of hydrogen-bond acceptors (Lipinski definition) is 5. The Morgan fingerprint density at radius 3 is 2.47 bits per heavy atom. The summed E-state index contributed by atoms with van der Waals surface area (Å²) in [5.41, 5.74) is 8.39. The zero-order chi connectivity index (χ0) is 13.4. The standard InChI is InChI=1S/C13H12N4O2/c14-13-15-7-11(17(18)19)12(16-13)10-5-8-3-1-2-4-9(8)6-10/h1-4,7,10H,5-6H2,(H2,14,15,16). The second kappa shape index (κ2) is 4.31. The van der Waals surface area contributed by atoms with Crippen molar-refractivity contribution in [3.05, 3.63) is 57.4 Å². The van der Waals surface area contributed by atoms with Crippen molar-refractivity contribution in [1.29, 1.82) is 0 Å². The van der Waals surface area contributed by atoms with Crippen LogP contribution in [0.2, 0.25) is 0 Å². The summed E-state index contributed by atoms with van der Waals surface area (Å²) in [5.74, 6) is 0.0830. The molecule has 3 rings (SSSR count). The number of rotatable bonds is 2. The molecular weight excluding hydrogens is 244 g/mol. The Labute approximate surface area is 109 Å². The van der Waals surface area contributed by atoms with Gasteiger partial charge < -0.3 is 5.73 Å². The lowest BCUT2D eigenvalue weighted by atomic mass is 10.0. The van der Waals surface area contributed by atoms with Crippen LogP contribution in [-0.4, -0.2) is 14.9 Å². The number of nitrogen functional groups attached to an aromatic ring is 1. The number of hydrogen-bond donors (Lipinski definition) is 1. The van der Waals surface area contributed by atoms with Gasteiger partial charge in [0.15, 0.2) is 0 Å². The number of aromatic nitrogens is 2. The fraction of sp³-hybridized carbons (Fsp3) is 0.231. The number of nitro groups is 1. The molecular formula is C13H12N4O2. The first-order chi connectivity index (χ1) is 9.15. The Hall–Kier alpha value is -2.50. The third kappa shape index (κ3) is 2.01. The minimum Gasteiger partial charge on any atom is -0.368 e. The molecule has 1 heterocycles. The van der Waals surface area contributed by atoms with E-state index in [9.17, 15) is 10.1 Å². The smallest absolute Gasteiger partial charge is 0.309 e. The van der Waals surface area contributed by atoms with Gasteiger partial charge in [0.25, 0.3) is 0 Å². The van der Waals surface area contributed by atoms with Crippen molar-refractivity contribution in [3.63, 3.8) is 0 Å². The summed E-state index contributed by atoms with van der Waals surface area (Å²) in [6.07, 6.45) is 2.71. The quantitative estimate of drug-likeness (QED) is 0.653. The summed E-state index contributed by atoms with van der Waals surface area (Å²) < 4.78 is 0. The lowest BCUT2D eigenvalue weighted by Crippen LogP contribution is -2.09. The molecule has 6 nitrogen and oxygen atoms in total. The number of fused-ring (bicyclic) bond motifs is 1. The molecule has 96 valence electrons. The highest BCUT2D eigenvalue weighted by atomic mass is 16.6. The van der Waals surface area contributed by atoms with Crippen molar-refractivity contribution in [1.82, 2.24) is 9.97 Å². The summed E-state index contributed by atoms with van der Waals surface area (Å²) in [6.45, 7) is 0. The molecule has 1 aromatic carbocycles. The third-order valence-corrected chi connectivity index (χ3v) is 3.45. The van der Waals surface area contributed by atoms with Crippen LogP contribution in [0.5, 0.6) is 0 Å². The van der Waals surface area contributed by atoms with E-state index in [1.54, 1.807) is 0 Å². The molecule has 0 fully saturated rings. The van der Waals surface area contributed by atoms with E-state index in [1.807, 2.05) is 24.3 Å². The summed E-state index contributed by atoms with van der Waals surface area (Å²) in [6, 6.07) is 8.05. The normalized spacial score (nSPS) is 14.3. The van der Waals surface area contributed by atoms with Gasteiger partial charge in [-0.1, -0.05) is 24.3 Å². The number of anilines is 1. The lowest BCUT2D eigenvalue weighted by molar-refractivity contribution is -0.386. The number of nitrogens with two attached hydrogens (primary N) is 1. The van der Waals surface area contributed by atoms with E-state index in [2.05, 4.69) is 9.97 Å². The largest absolute Gasteiger partial charge is 0.368 e. The van der Waals surface area contributed by atoms with Gasteiger partial charge in [-0.2, -0.15) is 0 Å². The zero-order valence-electron chi connectivity index (χ0n) is 10.1. The molecule has 0 aliphatic heterocycles. The van der Waals surface area contributed by atoms with E-state index in [1.165, 1.54) is 17.3 Å². The molecule has 0 spiro atoms. The average molecular weight is 256 g/mol. The van der Waals surface area contributed by atoms with Crippen LogP contribution in [0.1, 0.15) is 22.7 Å². The molecule has 0 unspecified atom stereocenters. The van der Waals surface area contributed by atoms with Gasteiger partial charge in [-0.25, -0.2) is 9.97 Å². The highest BCUT2D eigenvalue weighted by Gasteiger charge is 2.30. The van der Waals surface area contributed by atoms with E-state index in [-0.39, 0.29) is 17.6 Å². The molecule has 0 bridgehead atoms. The first-order valence-corrected chi connectivity index (χ1v) is 5.98. The van der Waals surface area contributed by atoms with Crippen molar-refractivity contribution < 1.29 is 4.92 Å². The minimum atomic E-state index is -0.447. The van der Waals surface area contributed by atoms with Gasteiger partial charge >= 0.3 is 5.69 Å². The van der Waals surface area contributed by atoms with E-state index >= 15 is 0 Å². The molecule has 2 N–H and O–H groups in total. The van der Waals surface area contributed by atoms with Crippen LogP contribution in [0.15, 0.2) is 30.5 Å². The Morgan fingerprint density at radius 1 is 1.26 bits per heavy atom. The first kappa shape index (κ1) is 11.6. The van der Waals surface area contributed by atoms with Crippen LogP contribution >= 0.6 is 0 Å². The van der Waals surface area contributed by atoms with Crippen molar-refractivity contribution in [3.8, 4) is 0 Å². The third-order valence-electron chi connectivity index (χ3n) is 3.45. The summed E-state index contributed by atoms with van der Waals surface area (Å²) in [4.78, 5) is 18.4. The van der Waals surface area contributed by atoms with Gasteiger partial charge in [-0.05, 0) is 24.0 Å². The Bertz CT molecular complexity index is 632. The maximum absolute atomic E-state index is 11.0. The van der Waals surface area contributed by atoms with Crippen LogP contribution in [0.4, 0.5) is 11.6 Å². The predicted molar refractivity (Wildman–Crippen MR) is 69.7 cm³/mol. The molecule has 1 aromatic heterocycles. The van der Waals surface area contributed by atoms with Gasteiger partial charge in [0.2, 0.25) is 5.95 Å². The van der Waals surface area contributed by atoms with Crippen LogP contribution in [0.25, 0.3) is 0 Å². The number of benzene rings is 1. The Balaban J connectivity index is 2.01. The molecule has 2 aromatic rings. The van der Waals surface area contributed by atoms with Crippen molar-refractivity contribution in [2.75, 3.05) is 5.73 Å². The molecule has 6 heteroatoms. The summed E-state index contributed by atoms with van der Waals surface area (Å²) in [7, 11) is 0. The van der Waals surface area contributed by atoms with E-state index in [0.717, 1.165) is 12.8 Å². The van der Waals surface area contributed by atoms with Gasteiger partial charge in [-0.3, -0.25) is 10.1 Å². The Kier molecular flexibility index (Phi) is 2.63. The zero-order valence-corrected chi connectivity index (χ0v) is 10.1.